The van der Waals surface area contributed by atoms with Crippen molar-refractivity contribution in [3.05, 3.63) is 57.6 Å². The van der Waals surface area contributed by atoms with E-state index in [1.807, 2.05) is 12.1 Å². The van der Waals surface area contributed by atoms with Gasteiger partial charge in [0.1, 0.15) is 16.0 Å². The van der Waals surface area contributed by atoms with Crippen molar-refractivity contribution < 1.29 is 19.0 Å². The molecule has 1 N–H and O–H groups in total. The molecule has 1 aliphatic rings. The highest BCUT2D eigenvalue weighted by molar-refractivity contribution is 9.10. The lowest BCUT2D eigenvalue weighted by molar-refractivity contribution is -0.0212. The molecule has 156 valence electrons. The van der Waals surface area contributed by atoms with Gasteiger partial charge in [0.2, 0.25) is 0 Å². The van der Waals surface area contributed by atoms with Crippen LogP contribution < -0.4 is 14.8 Å². The third-order valence-corrected chi connectivity index (χ3v) is 5.67. The first-order valence-electron chi connectivity index (χ1n) is 9.61. The summed E-state index contributed by atoms with van der Waals surface area (Å²) in [4.78, 5) is 15.0. The van der Waals surface area contributed by atoms with E-state index in [1.54, 1.807) is 26.4 Å². The standard InChI is InChI=1S/C22H27BrN2O4/c1-15-13-25(7-8-29-15)14-17-6-4-5-16(9-17)12-24-22(26)18-10-19(27-2)21(23)20(11-18)28-3/h4-6,9-11,15H,7-8,12-14H2,1-3H3,(H,24,26). The summed E-state index contributed by atoms with van der Waals surface area (Å²) < 4.78 is 16.9. The molecule has 0 aliphatic carbocycles. The molecule has 0 aromatic heterocycles. The molecule has 7 heteroatoms. The maximum absolute atomic E-state index is 12.6. The number of carbonyl (C=O) groups excluding carboxylic acids is 1. The smallest absolute Gasteiger partial charge is 0.251 e. The Morgan fingerprint density at radius 1 is 1.21 bits per heavy atom. The highest BCUT2D eigenvalue weighted by Gasteiger charge is 2.17. The van der Waals surface area contributed by atoms with Crippen molar-refractivity contribution in [3.63, 3.8) is 0 Å². The van der Waals surface area contributed by atoms with Gasteiger partial charge in [0, 0.05) is 31.7 Å². The number of nitrogens with one attached hydrogen (secondary N) is 1. The Labute approximate surface area is 180 Å². The number of rotatable bonds is 7. The molecule has 2 aromatic carbocycles. The van der Waals surface area contributed by atoms with Crippen LogP contribution in [0.2, 0.25) is 0 Å². The zero-order valence-electron chi connectivity index (χ0n) is 17.0. The Hall–Kier alpha value is -2.09. The maximum Gasteiger partial charge on any atom is 0.251 e. The Balaban J connectivity index is 1.63. The summed E-state index contributed by atoms with van der Waals surface area (Å²) in [5.41, 5.74) is 2.78. The number of amides is 1. The zero-order chi connectivity index (χ0) is 20.8. The zero-order valence-corrected chi connectivity index (χ0v) is 18.6. The fourth-order valence-corrected chi connectivity index (χ4v) is 3.97. The normalized spacial score (nSPS) is 17.0. The molecule has 1 fully saturated rings. The summed E-state index contributed by atoms with van der Waals surface area (Å²) in [6, 6.07) is 11.7. The molecule has 1 saturated heterocycles. The van der Waals surface area contributed by atoms with E-state index in [2.05, 4.69) is 45.2 Å². The lowest BCUT2D eigenvalue weighted by atomic mass is 10.1. The lowest BCUT2D eigenvalue weighted by Gasteiger charge is -2.31. The van der Waals surface area contributed by atoms with E-state index < -0.39 is 0 Å². The summed E-state index contributed by atoms with van der Waals surface area (Å²) in [7, 11) is 3.11. The number of hydrogen-bond donors (Lipinski definition) is 1. The van der Waals surface area contributed by atoms with Crippen molar-refractivity contribution in [2.75, 3.05) is 33.9 Å². The second kappa shape index (κ2) is 10.1. The lowest BCUT2D eigenvalue weighted by Crippen LogP contribution is -2.40. The van der Waals surface area contributed by atoms with Crippen molar-refractivity contribution in [2.24, 2.45) is 0 Å². The summed E-state index contributed by atoms with van der Waals surface area (Å²) in [6.07, 6.45) is 0.270. The van der Waals surface area contributed by atoms with E-state index in [4.69, 9.17) is 14.2 Å². The van der Waals surface area contributed by atoms with Crippen molar-refractivity contribution in [1.29, 1.82) is 0 Å². The molecule has 1 unspecified atom stereocenters. The van der Waals surface area contributed by atoms with E-state index in [0.717, 1.165) is 31.8 Å². The molecule has 1 heterocycles. The van der Waals surface area contributed by atoms with Crippen LogP contribution in [0.1, 0.15) is 28.4 Å². The van der Waals surface area contributed by atoms with E-state index in [9.17, 15) is 4.79 Å². The molecule has 1 amide bonds. The van der Waals surface area contributed by atoms with E-state index >= 15 is 0 Å². The first kappa shape index (κ1) is 21.6. The van der Waals surface area contributed by atoms with Gasteiger partial charge in [-0.25, -0.2) is 0 Å². The van der Waals surface area contributed by atoms with Gasteiger partial charge >= 0.3 is 0 Å². The molecule has 2 aromatic rings. The SMILES string of the molecule is COc1cc(C(=O)NCc2cccc(CN3CCOC(C)C3)c2)cc(OC)c1Br. The van der Waals surface area contributed by atoms with Crippen LogP contribution in [0.25, 0.3) is 0 Å². The van der Waals surface area contributed by atoms with Crippen LogP contribution in [-0.4, -0.2) is 50.8 Å². The summed E-state index contributed by atoms with van der Waals surface area (Å²) >= 11 is 3.42. The van der Waals surface area contributed by atoms with Gasteiger partial charge in [-0.3, -0.25) is 9.69 Å². The van der Waals surface area contributed by atoms with Crippen molar-refractivity contribution >= 4 is 21.8 Å². The van der Waals surface area contributed by atoms with Crippen molar-refractivity contribution in [3.8, 4) is 11.5 Å². The minimum absolute atomic E-state index is 0.179. The van der Waals surface area contributed by atoms with E-state index in [1.165, 1.54) is 5.56 Å². The third kappa shape index (κ3) is 5.72. The fourth-order valence-electron chi connectivity index (χ4n) is 3.42. The molecule has 0 bridgehead atoms. The van der Waals surface area contributed by atoms with Crippen LogP contribution in [0.15, 0.2) is 40.9 Å². The number of ether oxygens (including phenoxy) is 3. The second-order valence-corrected chi connectivity index (χ2v) is 7.91. The maximum atomic E-state index is 12.6. The number of benzene rings is 2. The second-order valence-electron chi connectivity index (χ2n) is 7.11. The molecular weight excluding hydrogens is 436 g/mol. The highest BCUT2D eigenvalue weighted by Crippen LogP contribution is 2.35. The van der Waals surface area contributed by atoms with Gasteiger partial charge in [-0.15, -0.1) is 0 Å². The number of methoxy groups -OCH3 is 2. The number of hydrogen-bond acceptors (Lipinski definition) is 5. The topological polar surface area (TPSA) is 60.0 Å². The Morgan fingerprint density at radius 2 is 1.90 bits per heavy atom. The Bertz CT molecular complexity index is 833. The number of carbonyl (C=O) groups is 1. The van der Waals surface area contributed by atoms with Gasteiger partial charge in [0.25, 0.3) is 5.91 Å². The van der Waals surface area contributed by atoms with Crippen LogP contribution in [0.3, 0.4) is 0 Å². The first-order valence-corrected chi connectivity index (χ1v) is 10.4. The number of nitrogens with zero attached hydrogens (tertiary/aromatic N) is 1. The molecule has 3 rings (SSSR count). The summed E-state index contributed by atoms with van der Waals surface area (Å²) in [5, 5.41) is 2.98. The molecule has 0 radical (unpaired) electrons. The summed E-state index contributed by atoms with van der Waals surface area (Å²) in [6.45, 7) is 6.09. The molecule has 0 saturated carbocycles. The van der Waals surface area contributed by atoms with Crippen LogP contribution in [0.4, 0.5) is 0 Å². The van der Waals surface area contributed by atoms with Gasteiger partial charge in [-0.1, -0.05) is 24.3 Å². The van der Waals surface area contributed by atoms with Gasteiger partial charge in [0.05, 0.1) is 26.9 Å². The molecule has 0 spiro atoms. The molecule has 1 atom stereocenters. The largest absolute Gasteiger partial charge is 0.495 e. The molecular formula is C22H27BrN2O4. The average molecular weight is 463 g/mol. The average Bonchev–Trinajstić information content (AvgIpc) is 2.72. The molecule has 29 heavy (non-hydrogen) atoms. The van der Waals surface area contributed by atoms with Crippen molar-refractivity contribution in [1.82, 2.24) is 10.2 Å². The predicted molar refractivity (Wildman–Crippen MR) is 116 cm³/mol. The van der Waals surface area contributed by atoms with Crippen LogP contribution in [0.5, 0.6) is 11.5 Å². The van der Waals surface area contributed by atoms with Gasteiger partial charge in [-0.2, -0.15) is 0 Å². The van der Waals surface area contributed by atoms with Gasteiger partial charge < -0.3 is 19.5 Å². The number of halogens is 1. The van der Waals surface area contributed by atoms with Crippen LogP contribution in [0, 0.1) is 0 Å². The Kier molecular flexibility index (Phi) is 7.52. The molecule has 6 nitrogen and oxygen atoms in total. The fraction of sp³-hybridized carbons (Fsp3) is 0.409. The summed E-state index contributed by atoms with van der Waals surface area (Å²) in [5.74, 6) is 0.925. The van der Waals surface area contributed by atoms with E-state index in [-0.39, 0.29) is 12.0 Å². The van der Waals surface area contributed by atoms with Crippen LogP contribution in [-0.2, 0) is 17.8 Å². The van der Waals surface area contributed by atoms with Crippen LogP contribution >= 0.6 is 15.9 Å². The first-order chi connectivity index (χ1) is 14.0. The minimum Gasteiger partial charge on any atom is -0.495 e. The molecule has 1 aliphatic heterocycles. The predicted octanol–water partition coefficient (Wildman–Crippen LogP) is 3.62. The van der Waals surface area contributed by atoms with Crippen molar-refractivity contribution in [2.45, 2.75) is 26.1 Å². The third-order valence-electron chi connectivity index (χ3n) is 4.88. The van der Waals surface area contributed by atoms with Gasteiger partial charge in [0.15, 0.2) is 0 Å². The monoisotopic (exact) mass is 462 g/mol. The highest BCUT2D eigenvalue weighted by atomic mass is 79.9. The quantitative estimate of drug-likeness (QED) is 0.680. The number of morpholine rings is 1. The van der Waals surface area contributed by atoms with Gasteiger partial charge in [-0.05, 0) is 46.1 Å². The van der Waals surface area contributed by atoms with E-state index in [0.29, 0.717) is 28.1 Å². The Morgan fingerprint density at radius 3 is 2.55 bits per heavy atom. The minimum atomic E-state index is -0.179.